The van der Waals surface area contributed by atoms with Crippen LogP contribution in [-0.2, 0) is 11.4 Å². The molecule has 0 radical (unpaired) electrons. The Morgan fingerprint density at radius 2 is 1.91 bits per heavy atom. The second-order valence-corrected chi connectivity index (χ2v) is 6.24. The molecule has 4 heteroatoms. The third kappa shape index (κ3) is 3.90. The van der Waals surface area contributed by atoms with E-state index in [-0.39, 0.29) is 11.3 Å². The van der Waals surface area contributed by atoms with E-state index < -0.39 is 0 Å². The lowest BCUT2D eigenvalue weighted by Gasteiger charge is -2.21. The molecule has 3 rings (SSSR count). The van der Waals surface area contributed by atoms with E-state index in [0.29, 0.717) is 6.61 Å². The highest BCUT2D eigenvalue weighted by atomic mass is 16.5. The molecule has 1 unspecified atom stereocenters. The van der Waals surface area contributed by atoms with Crippen molar-refractivity contribution in [1.82, 2.24) is 5.32 Å². The predicted octanol–water partition coefficient (Wildman–Crippen LogP) is 3.20. The van der Waals surface area contributed by atoms with Gasteiger partial charge in [0.2, 0.25) is 5.91 Å². The summed E-state index contributed by atoms with van der Waals surface area (Å²) < 4.78 is 5.75. The van der Waals surface area contributed by atoms with Crippen molar-refractivity contribution in [2.45, 2.75) is 20.0 Å². The third-order valence-electron chi connectivity index (χ3n) is 4.28. The maximum Gasteiger partial charge on any atom is 0.231 e. The molecular weight excluding hydrogens is 288 g/mol. The van der Waals surface area contributed by atoms with Gasteiger partial charge in [0, 0.05) is 12.2 Å². The van der Waals surface area contributed by atoms with E-state index in [1.165, 1.54) is 0 Å². The molecule has 1 aliphatic heterocycles. The van der Waals surface area contributed by atoms with Gasteiger partial charge in [0.1, 0.15) is 12.4 Å². The molecule has 2 aromatic rings. The van der Waals surface area contributed by atoms with Gasteiger partial charge in [0.05, 0.1) is 5.41 Å². The van der Waals surface area contributed by atoms with Gasteiger partial charge in [-0.2, -0.15) is 0 Å². The minimum absolute atomic E-state index is 0.0699. The molecule has 2 aromatic carbocycles. The van der Waals surface area contributed by atoms with Crippen LogP contribution in [0.1, 0.15) is 18.9 Å². The number of hydrogen-bond acceptors (Lipinski definition) is 3. The standard InChI is InChI=1S/C19H22N2O2/c1-19(11-12-20-14-19)18(22)21-16-7-9-17(10-8-16)23-13-15-5-3-2-4-6-15/h2-10,20H,11-14H2,1H3,(H,21,22). The molecule has 1 aliphatic rings. The first-order valence-electron chi connectivity index (χ1n) is 7.95. The van der Waals surface area contributed by atoms with Crippen molar-refractivity contribution in [1.29, 1.82) is 0 Å². The number of ether oxygens (including phenoxy) is 1. The molecule has 4 nitrogen and oxygen atoms in total. The number of carbonyl (C=O) groups excluding carboxylic acids is 1. The first-order valence-corrected chi connectivity index (χ1v) is 7.95. The van der Waals surface area contributed by atoms with Crippen molar-refractivity contribution in [2.75, 3.05) is 18.4 Å². The second-order valence-electron chi connectivity index (χ2n) is 6.24. The number of hydrogen-bond donors (Lipinski definition) is 2. The zero-order valence-corrected chi connectivity index (χ0v) is 13.3. The van der Waals surface area contributed by atoms with Crippen LogP contribution in [0.3, 0.4) is 0 Å². The summed E-state index contributed by atoms with van der Waals surface area (Å²) in [7, 11) is 0. The Morgan fingerprint density at radius 3 is 2.57 bits per heavy atom. The fourth-order valence-corrected chi connectivity index (χ4v) is 2.67. The molecule has 23 heavy (non-hydrogen) atoms. The van der Waals surface area contributed by atoms with Crippen LogP contribution in [0.15, 0.2) is 54.6 Å². The summed E-state index contributed by atoms with van der Waals surface area (Å²) in [5, 5.41) is 6.23. The Balaban J connectivity index is 1.55. The Labute approximate surface area is 136 Å². The maximum absolute atomic E-state index is 12.3. The van der Waals surface area contributed by atoms with E-state index in [0.717, 1.165) is 36.5 Å². The summed E-state index contributed by atoms with van der Waals surface area (Å²) in [5.41, 5.74) is 1.62. The first kappa shape index (κ1) is 15.6. The van der Waals surface area contributed by atoms with Crippen LogP contribution in [0.5, 0.6) is 5.75 Å². The van der Waals surface area contributed by atoms with Crippen molar-refractivity contribution >= 4 is 11.6 Å². The number of benzene rings is 2. The van der Waals surface area contributed by atoms with E-state index in [9.17, 15) is 4.79 Å². The normalized spacial score (nSPS) is 20.2. The summed E-state index contributed by atoms with van der Waals surface area (Å²) >= 11 is 0. The van der Waals surface area contributed by atoms with Gasteiger partial charge in [-0.25, -0.2) is 0 Å². The minimum Gasteiger partial charge on any atom is -0.489 e. The van der Waals surface area contributed by atoms with Gasteiger partial charge >= 0.3 is 0 Å². The van der Waals surface area contributed by atoms with Gasteiger partial charge in [0.15, 0.2) is 0 Å². The predicted molar refractivity (Wildman–Crippen MR) is 91.4 cm³/mol. The van der Waals surface area contributed by atoms with Crippen LogP contribution < -0.4 is 15.4 Å². The second kappa shape index (κ2) is 6.84. The molecular formula is C19H22N2O2. The van der Waals surface area contributed by atoms with Gasteiger partial charge in [-0.15, -0.1) is 0 Å². The lowest BCUT2D eigenvalue weighted by molar-refractivity contribution is -0.123. The van der Waals surface area contributed by atoms with Crippen LogP contribution in [0.25, 0.3) is 0 Å². The van der Waals surface area contributed by atoms with Gasteiger partial charge in [-0.3, -0.25) is 4.79 Å². The molecule has 0 bridgehead atoms. The van der Waals surface area contributed by atoms with Crippen molar-refractivity contribution < 1.29 is 9.53 Å². The Hall–Kier alpha value is -2.33. The largest absolute Gasteiger partial charge is 0.489 e. The molecule has 0 aromatic heterocycles. The molecule has 0 aliphatic carbocycles. The number of nitrogens with one attached hydrogen (secondary N) is 2. The summed E-state index contributed by atoms with van der Waals surface area (Å²) in [4.78, 5) is 12.3. The monoisotopic (exact) mass is 310 g/mol. The zero-order valence-electron chi connectivity index (χ0n) is 13.3. The Kier molecular flexibility index (Phi) is 4.63. The fourth-order valence-electron chi connectivity index (χ4n) is 2.67. The number of anilines is 1. The summed E-state index contributed by atoms with van der Waals surface area (Å²) in [6.45, 7) is 4.17. The number of carbonyl (C=O) groups is 1. The smallest absolute Gasteiger partial charge is 0.231 e. The van der Waals surface area contributed by atoms with Gasteiger partial charge < -0.3 is 15.4 Å². The first-order chi connectivity index (χ1) is 11.2. The van der Waals surface area contributed by atoms with E-state index >= 15 is 0 Å². The minimum atomic E-state index is -0.317. The zero-order chi connectivity index (χ0) is 16.1. The highest BCUT2D eigenvalue weighted by Gasteiger charge is 2.36. The SMILES string of the molecule is CC1(C(=O)Nc2ccc(OCc3ccccc3)cc2)CCNC1. The van der Waals surface area contributed by atoms with Gasteiger partial charge in [0.25, 0.3) is 0 Å². The van der Waals surface area contributed by atoms with Crippen molar-refractivity contribution in [3.05, 3.63) is 60.2 Å². The van der Waals surface area contributed by atoms with E-state index in [1.807, 2.05) is 61.5 Å². The molecule has 1 heterocycles. The molecule has 0 spiro atoms. The summed E-state index contributed by atoms with van der Waals surface area (Å²) in [5.74, 6) is 0.862. The number of rotatable bonds is 5. The fraction of sp³-hybridized carbons (Fsp3) is 0.316. The topological polar surface area (TPSA) is 50.4 Å². The third-order valence-corrected chi connectivity index (χ3v) is 4.28. The van der Waals surface area contributed by atoms with Crippen LogP contribution in [-0.4, -0.2) is 19.0 Å². The number of amides is 1. The highest BCUT2D eigenvalue weighted by molar-refractivity contribution is 5.95. The highest BCUT2D eigenvalue weighted by Crippen LogP contribution is 2.27. The summed E-state index contributed by atoms with van der Waals surface area (Å²) in [6, 6.07) is 17.6. The molecule has 1 amide bonds. The Morgan fingerprint density at radius 1 is 1.17 bits per heavy atom. The quantitative estimate of drug-likeness (QED) is 0.891. The van der Waals surface area contributed by atoms with E-state index in [1.54, 1.807) is 0 Å². The molecule has 0 saturated carbocycles. The van der Waals surface area contributed by atoms with Crippen LogP contribution in [0.4, 0.5) is 5.69 Å². The summed E-state index contributed by atoms with van der Waals surface area (Å²) in [6.07, 6.45) is 0.872. The molecule has 1 saturated heterocycles. The van der Waals surface area contributed by atoms with Gasteiger partial charge in [-0.1, -0.05) is 30.3 Å². The van der Waals surface area contributed by atoms with E-state index in [2.05, 4.69) is 10.6 Å². The van der Waals surface area contributed by atoms with Crippen LogP contribution in [0.2, 0.25) is 0 Å². The average molecular weight is 310 g/mol. The van der Waals surface area contributed by atoms with Crippen LogP contribution >= 0.6 is 0 Å². The average Bonchev–Trinajstić information content (AvgIpc) is 3.03. The lowest BCUT2D eigenvalue weighted by Crippen LogP contribution is -2.35. The maximum atomic E-state index is 12.3. The van der Waals surface area contributed by atoms with E-state index in [4.69, 9.17) is 4.74 Å². The van der Waals surface area contributed by atoms with Crippen molar-refractivity contribution in [3.63, 3.8) is 0 Å². The molecule has 2 N–H and O–H groups in total. The lowest BCUT2D eigenvalue weighted by atomic mass is 9.89. The Bertz CT molecular complexity index is 647. The van der Waals surface area contributed by atoms with Gasteiger partial charge in [-0.05, 0) is 49.7 Å². The van der Waals surface area contributed by atoms with Crippen LogP contribution in [0, 0.1) is 5.41 Å². The molecule has 1 atom stereocenters. The van der Waals surface area contributed by atoms with Crippen molar-refractivity contribution in [3.8, 4) is 5.75 Å². The van der Waals surface area contributed by atoms with Crippen molar-refractivity contribution in [2.24, 2.45) is 5.41 Å². The molecule has 120 valence electrons. The molecule has 1 fully saturated rings.